The van der Waals surface area contributed by atoms with Crippen LogP contribution in [0.15, 0.2) is 91.0 Å². The van der Waals surface area contributed by atoms with Gasteiger partial charge in [-0.05, 0) is 16.7 Å². The van der Waals surface area contributed by atoms with Crippen molar-refractivity contribution in [2.45, 2.75) is 50.0 Å². The zero-order valence-corrected chi connectivity index (χ0v) is 19.1. The van der Waals surface area contributed by atoms with Gasteiger partial charge in [0.25, 0.3) is 0 Å². The average Bonchev–Trinajstić information content (AvgIpc) is 3.28. The number of fused-ring (bicyclic) bond motifs is 2. The van der Waals surface area contributed by atoms with Crippen LogP contribution in [0.3, 0.4) is 0 Å². The van der Waals surface area contributed by atoms with E-state index in [0.717, 1.165) is 16.7 Å². The van der Waals surface area contributed by atoms with Crippen molar-refractivity contribution in [1.82, 2.24) is 0 Å². The highest BCUT2D eigenvalue weighted by Crippen LogP contribution is 2.40. The largest absolute Gasteiger partial charge is 0.374 e. The van der Waals surface area contributed by atoms with Crippen LogP contribution < -0.4 is 5.73 Å². The molecule has 0 spiro atoms. The minimum absolute atomic E-state index is 0.315. The Kier molecular flexibility index (Phi) is 7.35. The Balaban J connectivity index is 1.34. The molecule has 2 unspecified atom stereocenters. The third-order valence-electron chi connectivity index (χ3n) is 6.37. The highest BCUT2D eigenvalue weighted by atomic mass is 16.8. The molecule has 6 nitrogen and oxygen atoms in total. The van der Waals surface area contributed by atoms with Gasteiger partial charge in [0.1, 0.15) is 17.8 Å². The van der Waals surface area contributed by atoms with Gasteiger partial charge in [-0.3, -0.25) is 0 Å². The Morgan fingerprint density at radius 2 is 1.26 bits per heavy atom. The topological polar surface area (TPSA) is 72.2 Å². The fourth-order valence-electron chi connectivity index (χ4n) is 4.56. The second kappa shape index (κ2) is 10.8. The molecule has 3 aromatic rings. The minimum atomic E-state index is -0.800. The van der Waals surface area contributed by atoms with Crippen molar-refractivity contribution in [2.75, 3.05) is 13.2 Å². The lowest BCUT2D eigenvalue weighted by Crippen LogP contribution is -2.66. The van der Waals surface area contributed by atoms with E-state index in [2.05, 4.69) is 0 Å². The molecule has 0 radical (unpaired) electrons. The molecule has 34 heavy (non-hydrogen) atoms. The quantitative estimate of drug-likeness (QED) is 0.495. The Morgan fingerprint density at radius 3 is 1.85 bits per heavy atom. The van der Waals surface area contributed by atoms with Crippen LogP contribution in [0, 0.1) is 0 Å². The Bertz CT molecular complexity index is 1020. The number of hydrogen-bond donors (Lipinski definition) is 1. The molecule has 2 fully saturated rings. The predicted molar refractivity (Wildman–Crippen MR) is 128 cm³/mol. The van der Waals surface area contributed by atoms with Crippen molar-refractivity contribution in [3.05, 3.63) is 108 Å². The molecule has 3 aromatic carbocycles. The molecule has 2 heterocycles. The van der Waals surface area contributed by atoms with Crippen LogP contribution in [-0.2, 0) is 43.5 Å². The van der Waals surface area contributed by atoms with Crippen molar-refractivity contribution in [3.63, 3.8) is 0 Å². The van der Waals surface area contributed by atoms with Crippen LogP contribution in [0.1, 0.15) is 16.7 Å². The van der Waals surface area contributed by atoms with Crippen molar-refractivity contribution in [2.24, 2.45) is 5.73 Å². The summed E-state index contributed by atoms with van der Waals surface area (Å²) in [5, 5.41) is 0. The molecule has 0 amide bonds. The van der Waals surface area contributed by atoms with Crippen LogP contribution >= 0.6 is 0 Å². The molecule has 0 aliphatic carbocycles. The van der Waals surface area contributed by atoms with Crippen LogP contribution in [0.2, 0.25) is 0 Å². The third kappa shape index (κ3) is 5.23. The average molecular weight is 462 g/mol. The maximum absolute atomic E-state index is 6.57. The van der Waals surface area contributed by atoms with Gasteiger partial charge in [-0.15, -0.1) is 0 Å². The maximum atomic E-state index is 6.57. The van der Waals surface area contributed by atoms with E-state index in [1.165, 1.54) is 0 Å². The first-order valence-electron chi connectivity index (χ1n) is 11.7. The van der Waals surface area contributed by atoms with Crippen molar-refractivity contribution in [1.29, 1.82) is 0 Å². The van der Waals surface area contributed by atoms with E-state index in [9.17, 15) is 0 Å². The molecule has 0 aromatic heterocycles. The summed E-state index contributed by atoms with van der Waals surface area (Å²) in [6, 6.07) is 29.7. The molecule has 2 aliphatic rings. The monoisotopic (exact) mass is 461 g/mol. The molecular formula is C28H31NO5. The summed E-state index contributed by atoms with van der Waals surface area (Å²) in [4.78, 5) is 0. The first kappa shape index (κ1) is 23.2. The molecule has 2 saturated heterocycles. The van der Waals surface area contributed by atoms with Gasteiger partial charge in [-0.25, -0.2) is 0 Å². The molecular weight excluding hydrogens is 430 g/mol. The molecule has 2 bridgehead atoms. The second-order valence-electron chi connectivity index (χ2n) is 8.90. The van der Waals surface area contributed by atoms with Gasteiger partial charge in [-0.1, -0.05) is 91.0 Å². The SMILES string of the molecule is N[C@H]1[C@H]2OCC(COCc3ccccc3)(O2)C(OCc2ccccc2)[C@@H]1OCc1ccccc1. The van der Waals surface area contributed by atoms with E-state index in [1.807, 2.05) is 91.0 Å². The van der Waals surface area contributed by atoms with Gasteiger partial charge in [-0.2, -0.15) is 0 Å². The van der Waals surface area contributed by atoms with Gasteiger partial charge in [0.15, 0.2) is 6.29 Å². The molecule has 2 N–H and O–H groups in total. The van der Waals surface area contributed by atoms with Crippen molar-refractivity contribution >= 4 is 0 Å². The summed E-state index contributed by atoms with van der Waals surface area (Å²) in [6.07, 6.45) is -1.43. The van der Waals surface area contributed by atoms with Gasteiger partial charge in [0, 0.05) is 0 Å². The second-order valence-corrected chi connectivity index (χ2v) is 8.90. The first-order chi connectivity index (χ1) is 16.7. The summed E-state index contributed by atoms with van der Waals surface area (Å²) >= 11 is 0. The highest BCUT2D eigenvalue weighted by Gasteiger charge is 2.60. The normalized spacial score (nSPS) is 28.1. The first-order valence-corrected chi connectivity index (χ1v) is 11.7. The number of hydrogen-bond acceptors (Lipinski definition) is 6. The number of benzene rings is 3. The van der Waals surface area contributed by atoms with E-state index in [0.29, 0.717) is 33.0 Å². The number of nitrogens with two attached hydrogens (primary N) is 1. The van der Waals surface area contributed by atoms with Gasteiger partial charge in [0.2, 0.25) is 0 Å². The number of ether oxygens (including phenoxy) is 5. The van der Waals surface area contributed by atoms with E-state index in [1.54, 1.807) is 0 Å². The summed E-state index contributed by atoms with van der Waals surface area (Å²) in [7, 11) is 0. The summed E-state index contributed by atoms with van der Waals surface area (Å²) in [5.41, 5.74) is 9.01. The third-order valence-corrected chi connectivity index (χ3v) is 6.37. The standard InChI is InChI=1S/C28H31NO5/c29-24-25(31-17-22-12-6-2-7-13-22)26(32-18-23-14-8-3-9-15-23)28(20-33-27(24)34-28)19-30-16-21-10-4-1-5-11-21/h1-15,24-27H,16-20,29H2/t24-,25-,26?,27+,28?/m1/s1. The Labute approximate surface area is 200 Å². The maximum Gasteiger partial charge on any atom is 0.176 e. The van der Waals surface area contributed by atoms with E-state index in [-0.39, 0.29) is 0 Å². The lowest BCUT2D eigenvalue weighted by molar-refractivity contribution is -0.260. The van der Waals surface area contributed by atoms with E-state index in [4.69, 9.17) is 29.4 Å². The summed E-state index contributed by atoms with van der Waals surface area (Å²) in [5.74, 6) is 0. The van der Waals surface area contributed by atoms with Gasteiger partial charge < -0.3 is 29.4 Å². The molecule has 178 valence electrons. The zero-order valence-electron chi connectivity index (χ0n) is 19.1. The van der Waals surface area contributed by atoms with Crippen molar-refractivity contribution < 1.29 is 23.7 Å². The Hall–Kier alpha value is -2.58. The fourth-order valence-corrected chi connectivity index (χ4v) is 4.56. The lowest BCUT2D eigenvalue weighted by atomic mass is 9.88. The molecule has 6 heteroatoms. The predicted octanol–water partition coefficient (Wildman–Crippen LogP) is 3.83. The minimum Gasteiger partial charge on any atom is -0.374 e. The molecule has 2 aliphatic heterocycles. The summed E-state index contributed by atoms with van der Waals surface area (Å²) in [6.45, 7) is 1.97. The highest BCUT2D eigenvalue weighted by molar-refractivity contribution is 5.16. The Morgan fingerprint density at radius 1 is 0.735 bits per heavy atom. The zero-order chi connectivity index (χ0) is 23.2. The fraction of sp³-hybridized carbons (Fsp3) is 0.357. The lowest BCUT2D eigenvalue weighted by Gasteiger charge is -2.45. The van der Waals surface area contributed by atoms with Crippen molar-refractivity contribution in [3.8, 4) is 0 Å². The molecule has 5 rings (SSSR count). The molecule has 5 atom stereocenters. The van der Waals surface area contributed by atoms with E-state index < -0.39 is 30.1 Å². The molecule has 0 saturated carbocycles. The smallest absolute Gasteiger partial charge is 0.176 e. The van der Waals surface area contributed by atoms with Gasteiger partial charge in [0.05, 0.1) is 39.1 Å². The van der Waals surface area contributed by atoms with E-state index >= 15 is 0 Å². The van der Waals surface area contributed by atoms with Crippen LogP contribution in [0.5, 0.6) is 0 Å². The summed E-state index contributed by atoms with van der Waals surface area (Å²) < 4.78 is 31.3. The van der Waals surface area contributed by atoms with Gasteiger partial charge >= 0.3 is 0 Å². The van der Waals surface area contributed by atoms with Crippen LogP contribution in [0.25, 0.3) is 0 Å². The van der Waals surface area contributed by atoms with Crippen LogP contribution in [0.4, 0.5) is 0 Å². The van der Waals surface area contributed by atoms with Crippen LogP contribution in [-0.4, -0.2) is 43.4 Å². The number of rotatable bonds is 10.